The standard InChI is InChI=1S/C23H28F2O7/c1-11(26)32-10-19(30)23(31)17(28)8-13-14-7-16(24)15-6-12(27)4-5-20(15,2)22(14,25)18(29)9-21(13,23)3/h4-6,13-14,16-18,28-29,31H,7-10H2,1-3H3/t13-,14?,16-,17+,18?,20?,21?,22-,23-/m0/s1. The van der Waals surface area contributed by atoms with E-state index in [2.05, 4.69) is 0 Å². The highest BCUT2D eigenvalue weighted by atomic mass is 19.1. The second kappa shape index (κ2) is 7.01. The van der Waals surface area contributed by atoms with E-state index in [1.54, 1.807) is 0 Å². The van der Waals surface area contributed by atoms with Crippen LogP contribution < -0.4 is 0 Å². The van der Waals surface area contributed by atoms with Crippen LogP contribution in [0.25, 0.3) is 0 Å². The van der Waals surface area contributed by atoms with Crippen LogP contribution in [0.3, 0.4) is 0 Å². The maximum Gasteiger partial charge on any atom is 0.303 e. The molecule has 7 nitrogen and oxygen atoms in total. The van der Waals surface area contributed by atoms with Crippen LogP contribution in [0.5, 0.6) is 0 Å². The van der Waals surface area contributed by atoms with Crippen LogP contribution in [0.4, 0.5) is 8.78 Å². The highest BCUT2D eigenvalue weighted by molar-refractivity contribution is 6.01. The van der Waals surface area contributed by atoms with Crippen molar-refractivity contribution in [3.05, 3.63) is 23.8 Å². The summed E-state index contributed by atoms with van der Waals surface area (Å²) in [6.07, 6.45) is -2.41. The molecule has 4 unspecified atom stereocenters. The monoisotopic (exact) mass is 454 g/mol. The molecule has 0 amide bonds. The van der Waals surface area contributed by atoms with Crippen molar-refractivity contribution >= 4 is 17.5 Å². The number of fused-ring (bicyclic) bond motifs is 5. The molecular weight excluding hydrogens is 426 g/mol. The van der Waals surface area contributed by atoms with E-state index in [1.165, 1.54) is 19.9 Å². The Morgan fingerprint density at radius 3 is 2.47 bits per heavy atom. The summed E-state index contributed by atoms with van der Waals surface area (Å²) in [5.41, 5.74) is -7.92. The number of hydrogen-bond acceptors (Lipinski definition) is 7. The molecule has 0 saturated heterocycles. The summed E-state index contributed by atoms with van der Waals surface area (Å²) in [5, 5.41) is 33.3. The predicted molar refractivity (Wildman–Crippen MR) is 107 cm³/mol. The summed E-state index contributed by atoms with van der Waals surface area (Å²) in [4.78, 5) is 35.9. The first-order valence-electron chi connectivity index (χ1n) is 10.8. The summed E-state index contributed by atoms with van der Waals surface area (Å²) < 4.78 is 36.9. The minimum Gasteiger partial charge on any atom is -0.458 e. The van der Waals surface area contributed by atoms with E-state index in [4.69, 9.17) is 4.74 Å². The molecule has 9 heteroatoms. The van der Waals surface area contributed by atoms with Crippen molar-refractivity contribution in [2.75, 3.05) is 6.61 Å². The molecule has 0 aromatic rings. The summed E-state index contributed by atoms with van der Waals surface area (Å²) >= 11 is 0. The van der Waals surface area contributed by atoms with Crippen LogP contribution in [0, 0.1) is 22.7 Å². The van der Waals surface area contributed by atoms with Gasteiger partial charge in [0.25, 0.3) is 0 Å². The fraction of sp³-hybridized carbons (Fsp3) is 0.696. The normalized spacial score (nSPS) is 49.6. The molecule has 0 spiro atoms. The number of esters is 1. The number of aliphatic hydroxyl groups is 3. The first kappa shape index (κ1) is 23.2. The number of allylic oxidation sites excluding steroid dienone is 4. The predicted octanol–water partition coefficient (Wildman–Crippen LogP) is 1.14. The van der Waals surface area contributed by atoms with Gasteiger partial charge in [-0.25, -0.2) is 8.78 Å². The smallest absolute Gasteiger partial charge is 0.303 e. The maximum absolute atomic E-state index is 16.9. The van der Waals surface area contributed by atoms with Crippen molar-refractivity contribution in [2.45, 2.75) is 69.7 Å². The SMILES string of the molecule is CC(=O)OCC(=O)[C@@]1(O)[C@H](O)C[C@H]2C3C[C@H](F)C4=CC(=O)C=CC4(C)[C@@]3(F)C(O)CC21C. The van der Waals surface area contributed by atoms with Crippen LogP contribution in [-0.4, -0.2) is 69.1 Å². The Morgan fingerprint density at radius 2 is 1.84 bits per heavy atom. The highest BCUT2D eigenvalue weighted by Crippen LogP contribution is 2.70. The van der Waals surface area contributed by atoms with E-state index in [0.29, 0.717) is 0 Å². The molecule has 9 atom stereocenters. The highest BCUT2D eigenvalue weighted by Gasteiger charge is 2.77. The molecule has 0 aliphatic heterocycles. The average molecular weight is 454 g/mol. The minimum absolute atomic E-state index is 0.0360. The molecular formula is C23H28F2O7. The second-order valence-corrected chi connectivity index (χ2v) is 10.1. The van der Waals surface area contributed by atoms with Crippen LogP contribution in [0.1, 0.15) is 40.0 Å². The Kier molecular flexibility index (Phi) is 5.08. The number of rotatable bonds is 3. The zero-order valence-corrected chi connectivity index (χ0v) is 18.2. The molecule has 0 aromatic carbocycles. The van der Waals surface area contributed by atoms with Gasteiger partial charge in [-0.1, -0.05) is 13.0 Å². The Labute approximate surface area is 184 Å². The molecule has 4 rings (SSSR count). The molecule has 0 heterocycles. The van der Waals surface area contributed by atoms with Crippen LogP contribution in [-0.2, 0) is 19.1 Å². The molecule has 0 bridgehead atoms. The summed E-state index contributed by atoms with van der Waals surface area (Å²) in [6, 6.07) is 0. The number of carbonyl (C=O) groups excluding carboxylic acids is 3. The Balaban J connectivity index is 1.79. The van der Waals surface area contributed by atoms with Crippen molar-refractivity contribution in [3.8, 4) is 0 Å². The first-order valence-corrected chi connectivity index (χ1v) is 10.8. The molecule has 4 aliphatic rings. The van der Waals surface area contributed by atoms with E-state index in [1.807, 2.05) is 0 Å². The number of halogens is 2. The second-order valence-electron chi connectivity index (χ2n) is 10.1. The first-order chi connectivity index (χ1) is 14.7. The summed E-state index contributed by atoms with van der Waals surface area (Å²) in [7, 11) is 0. The Hall–Kier alpha value is -1.97. The molecule has 3 N–H and O–H groups in total. The lowest BCUT2D eigenvalue weighted by Crippen LogP contribution is -2.71. The van der Waals surface area contributed by atoms with E-state index in [9.17, 15) is 29.7 Å². The van der Waals surface area contributed by atoms with Gasteiger partial charge < -0.3 is 20.1 Å². The zero-order valence-electron chi connectivity index (χ0n) is 18.2. The largest absolute Gasteiger partial charge is 0.458 e. The lowest BCUT2D eigenvalue weighted by atomic mass is 9.44. The topological polar surface area (TPSA) is 121 Å². The van der Waals surface area contributed by atoms with Crippen LogP contribution in [0.2, 0.25) is 0 Å². The molecule has 3 saturated carbocycles. The van der Waals surface area contributed by atoms with Crippen molar-refractivity contribution in [3.63, 3.8) is 0 Å². The third kappa shape index (κ3) is 2.64. The maximum atomic E-state index is 16.9. The summed E-state index contributed by atoms with van der Waals surface area (Å²) in [5.74, 6) is -4.15. The van der Waals surface area contributed by atoms with Crippen molar-refractivity contribution in [1.29, 1.82) is 0 Å². The number of ketones is 2. The molecule has 176 valence electrons. The van der Waals surface area contributed by atoms with Gasteiger partial charge in [-0.05, 0) is 49.8 Å². The van der Waals surface area contributed by atoms with Crippen molar-refractivity contribution < 1.29 is 43.2 Å². The number of carbonyl (C=O) groups is 3. The third-order valence-electron chi connectivity index (χ3n) is 8.68. The van der Waals surface area contributed by atoms with Gasteiger partial charge in [0, 0.05) is 23.7 Å². The average Bonchev–Trinajstić information content (AvgIpc) is 2.91. The molecule has 3 fully saturated rings. The number of alkyl halides is 2. The molecule has 32 heavy (non-hydrogen) atoms. The quantitative estimate of drug-likeness (QED) is 0.547. The van der Waals surface area contributed by atoms with E-state index in [0.717, 1.165) is 19.1 Å². The Bertz CT molecular complexity index is 947. The van der Waals surface area contributed by atoms with E-state index < -0.39 is 76.5 Å². The van der Waals surface area contributed by atoms with Crippen LogP contribution >= 0.6 is 0 Å². The third-order valence-corrected chi connectivity index (χ3v) is 8.68. The van der Waals surface area contributed by atoms with Gasteiger partial charge >= 0.3 is 5.97 Å². The van der Waals surface area contributed by atoms with Crippen LogP contribution in [0.15, 0.2) is 23.8 Å². The van der Waals surface area contributed by atoms with Gasteiger partial charge in [0.2, 0.25) is 5.78 Å². The molecule has 0 radical (unpaired) electrons. The number of Topliss-reactive ketones (excluding diaryl/α,β-unsaturated/α-hetero) is 1. The fourth-order valence-corrected chi connectivity index (χ4v) is 7.00. The van der Waals surface area contributed by atoms with Gasteiger partial charge in [0.1, 0.15) is 6.17 Å². The van der Waals surface area contributed by atoms with Gasteiger partial charge in [-0.2, -0.15) is 0 Å². The Morgan fingerprint density at radius 1 is 1.19 bits per heavy atom. The fourth-order valence-electron chi connectivity index (χ4n) is 7.00. The van der Waals surface area contributed by atoms with E-state index >= 15 is 8.78 Å². The van der Waals surface area contributed by atoms with Crippen molar-refractivity contribution in [2.24, 2.45) is 22.7 Å². The van der Waals surface area contributed by atoms with Gasteiger partial charge in [-0.3, -0.25) is 14.4 Å². The number of aliphatic hydroxyl groups excluding tert-OH is 2. The molecule has 4 aliphatic carbocycles. The van der Waals surface area contributed by atoms with Gasteiger partial charge in [0.15, 0.2) is 23.7 Å². The van der Waals surface area contributed by atoms with Gasteiger partial charge in [-0.15, -0.1) is 0 Å². The summed E-state index contributed by atoms with van der Waals surface area (Å²) in [6.45, 7) is 3.22. The van der Waals surface area contributed by atoms with Crippen molar-refractivity contribution in [1.82, 2.24) is 0 Å². The number of ether oxygens (including phenoxy) is 1. The molecule has 0 aromatic heterocycles. The number of hydrogen-bond donors (Lipinski definition) is 3. The van der Waals surface area contributed by atoms with Gasteiger partial charge in [0.05, 0.1) is 12.2 Å². The lowest BCUT2D eigenvalue weighted by Gasteiger charge is -2.62. The minimum atomic E-state index is -2.41. The zero-order chi connectivity index (χ0) is 23.9. The lowest BCUT2D eigenvalue weighted by molar-refractivity contribution is -0.226. The van der Waals surface area contributed by atoms with E-state index in [-0.39, 0.29) is 24.8 Å².